The quantitative estimate of drug-likeness (QED) is 0.349. The Morgan fingerprint density at radius 2 is 1.97 bits per heavy atom. The average Bonchev–Trinajstić information content (AvgIpc) is 3.23. The van der Waals surface area contributed by atoms with Gasteiger partial charge in [-0.05, 0) is 43.0 Å². The number of rotatable bonds is 2. The van der Waals surface area contributed by atoms with Crippen LogP contribution in [0.15, 0.2) is 60.6 Å². The van der Waals surface area contributed by atoms with Crippen molar-refractivity contribution in [3.05, 3.63) is 89.1 Å². The summed E-state index contributed by atoms with van der Waals surface area (Å²) in [5.41, 5.74) is 3.74. The summed E-state index contributed by atoms with van der Waals surface area (Å²) in [6.45, 7) is 11.6. The molecule has 0 bridgehead atoms. The first kappa shape index (κ1) is 22.3. The second-order valence-corrected chi connectivity index (χ2v) is 9.95. The molecule has 2 aliphatic carbocycles. The van der Waals surface area contributed by atoms with Gasteiger partial charge in [-0.2, -0.15) is 0 Å². The highest BCUT2D eigenvalue weighted by Gasteiger charge is 2.49. The molecule has 4 aromatic rings. The lowest BCUT2D eigenvalue weighted by Crippen LogP contribution is -2.46. The van der Waals surface area contributed by atoms with Crippen LogP contribution in [0.5, 0.6) is 0 Å². The molecule has 0 spiro atoms. The molecule has 0 saturated carbocycles. The van der Waals surface area contributed by atoms with Crippen molar-refractivity contribution in [1.82, 2.24) is 19.5 Å². The van der Waals surface area contributed by atoms with Gasteiger partial charge in [-0.3, -0.25) is 0 Å². The molecule has 0 aliphatic heterocycles. The van der Waals surface area contributed by atoms with Crippen LogP contribution in [-0.2, 0) is 23.7 Å². The molecular formula is C29H24FN5O. The first-order chi connectivity index (χ1) is 17.3. The molecule has 0 unspecified atom stereocenters. The number of halogens is 1. The van der Waals surface area contributed by atoms with Crippen molar-refractivity contribution in [1.29, 1.82) is 0 Å². The van der Waals surface area contributed by atoms with E-state index in [0.29, 0.717) is 23.5 Å². The maximum atomic E-state index is 15.1. The SMILES string of the molecule is [C-]#[N+]C1=C[C@@]2(C)c3nc(-c4cn(C)c5ncccc45)nc(-c4ccccc4F)c3CC[C@@H]2[C@@H](C)C1=O. The van der Waals surface area contributed by atoms with Gasteiger partial charge in [0.15, 0.2) is 11.6 Å². The zero-order valence-electron chi connectivity index (χ0n) is 20.3. The number of hydrogen-bond donors (Lipinski definition) is 0. The number of Topliss-reactive ketones (excluding diaryl/α,β-unsaturated/α-hetero) is 1. The minimum absolute atomic E-state index is 0.00611. The van der Waals surface area contributed by atoms with Gasteiger partial charge in [0.05, 0.1) is 18.0 Å². The van der Waals surface area contributed by atoms with Gasteiger partial charge < -0.3 is 9.36 Å². The van der Waals surface area contributed by atoms with Gasteiger partial charge in [0.1, 0.15) is 11.5 Å². The van der Waals surface area contributed by atoms with E-state index in [2.05, 4.69) is 16.8 Å². The standard InChI is InChI=1S/C29H24FN5O/c1-16-21-12-11-19-24(18-8-5-6-10-22(18)30)33-27(20-15-35(4)28-17(20)9-7-13-32-28)34-26(19)29(21,2)14-23(31-3)25(16)36/h5-10,13-16,21H,11-12H2,1-2,4H3/t16-,21-,29-/m1/s1. The summed E-state index contributed by atoms with van der Waals surface area (Å²) >= 11 is 0. The van der Waals surface area contributed by atoms with Crippen LogP contribution in [0, 0.1) is 24.2 Å². The fourth-order valence-corrected chi connectivity index (χ4v) is 6.13. The topological polar surface area (TPSA) is 65.0 Å². The molecule has 0 radical (unpaired) electrons. The monoisotopic (exact) mass is 477 g/mol. The van der Waals surface area contributed by atoms with E-state index in [4.69, 9.17) is 16.5 Å². The Morgan fingerprint density at radius 3 is 2.75 bits per heavy atom. The molecule has 2 aliphatic rings. The van der Waals surface area contributed by atoms with Crippen LogP contribution < -0.4 is 0 Å². The van der Waals surface area contributed by atoms with Crippen LogP contribution in [0.25, 0.3) is 38.5 Å². The lowest BCUT2D eigenvalue weighted by Gasteiger charge is -2.46. The van der Waals surface area contributed by atoms with Gasteiger partial charge in [0, 0.05) is 52.9 Å². The fourth-order valence-electron chi connectivity index (χ4n) is 6.13. The Balaban J connectivity index is 1.70. The largest absolute Gasteiger partial charge is 0.335 e. The Morgan fingerprint density at radius 1 is 1.17 bits per heavy atom. The first-order valence-electron chi connectivity index (χ1n) is 12.0. The molecule has 3 heterocycles. The van der Waals surface area contributed by atoms with Crippen LogP contribution in [0.3, 0.4) is 0 Å². The summed E-state index contributed by atoms with van der Waals surface area (Å²) in [6.07, 6.45) is 6.85. The molecule has 3 atom stereocenters. The van der Waals surface area contributed by atoms with Crippen molar-refractivity contribution < 1.29 is 9.18 Å². The van der Waals surface area contributed by atoms with E-state index in [9.17, 15) is 4.79 Å². The summed E-state index contributed by atoms with van der Waals surface area (Å²) in [5.74, 6) is -0.280. The summed E-state index contributed by atoms with van der Waals surface area (Å²) in [6, 6.07) is 10.5. The molecule has 6 rings (SSSR count). The van der Waals surface area contributed by atoms with Gasteiger partial charge in [-0.15, -0.1) is 0 Å². The Bertz CT molecular complexity index is 1650. The maximum Gasteiger partial charge on any atom is 0.226 e. The van der Waals surface area contributed by atoms with Gasteiger partial charge in [-0.25, -0.2) is 24.2 Å². The van der Waals surface area contributed by atoms with E-state index >= 15 is 4.39 Å². The maximum absolute atomic E-state index is 15.1. The molecule has 1 aromatic carbocycles. The molecule has 6 nitrogen and oxygen atoms in total. The van der Waals surface area contributed by atoms with Crippen molar-refractivity contribution in [2.75, 3.05) is 0 Å². The number of aryl methyl sites for hydroxylation is 1. The molecule has 36 heavy (non-hydrogen) atoms. The third kappa shape index (κ3) is 3.07. The number of aromatic nitrogens is 4. The lowest BCUT2D eigenvalue weighted by molar-refractivity contribution is -0.121. The number of ketones is 1. The summed E-state index contributed by atoms with van der Waals surface area (Å²) in [7, 11) is 1.92. The van der Waals surface area contributed by atoms with E-state index in [1.807, 2.05) is 36.9 Å². The predicted octanol–water partition coefficient (Wildman–Crippen LogP) is 5.68. The number of hydrogen-bond acceptors (Lipinski definition) is 4. The van der Waals surface area contributed by atoms with Gasteiger partial charge in [-0.1, -0.05) is 32.1 Å². The number of fused-ring (bicyclic) bond motifs is 4. The number of carbonyl (C=O) groups excluding carboxylic acids is 1. The molecular weight excluding hydrogens is 453 g/mol. The second kappa shape index (κ2) is 7.92. The van der Waals surface area contributed by atoms with Crippen LogP contribution in [0.1, 0.15) is 31.5 Å². The number of pyridine rings is 1. The minimum Gasteiger partial charge on any atom is -0.335 e. The van der Waals surface area contributed by atoms with E-state index in [0.717, 1.165) is 34.3 Å². The summed E-state index contributed by atoms with van der Waals surface area (Å²) < 4.78 is 17.1. The van der Waals surface area contributed by atoms with Crippen molar-refractivity contribution >= 4 is 16.8 Å². The third-order valence-electron chi connectivity index (χ3n) is 7.92. The van der Waals surface area contributed by atoms with E-state index in [1.54, 1.807) is 30.5 Å². The minimum atomic E-state index is -0.651. The highest BCUT2D eigenvalue weighted by molar-refractivity contribution is 6.00. The van der Waals surface area contributed by atoms with E-state index < -0.39 is 5.41 Å². The average molecular weight is 478 g/mol. The van der Waals surface area contributed by atoms with Crippen molar-refractivity contribution in [3.8, 4) is 22.6 Å². The van der Waals surface area contributed by atoms with E-state index in [-0.39, 0.29) is 29.1 Å². The number of carbonyl (C=O) groups is 1. The molecule has 0 amide bonds. The predicted molar refractivity (Wildman–Crippen MR) is 135 cm³/mol. The van der Waals surface area contributed by atoms with Gasteiger partial charge in [0.25, 0.3) is 0 Å². The Kier molecular flexibility index (Phi) is 4.91. The van der Waals surface area contributed by atoms with Gasteiger partial charge in [0.2, 0.25) is 5.70 Å². The third-order valence-corrected chi connectivity index (χ3v) is 7.92. The molecule has 0 saturated heterocycles. The van der Waals surface area contributed by atoms with Crippen molar-refractivity contribution in [3.63, 3.8) is 0 Å². The fraction of sp³-hybridized carbons (Fsp3) is 0.276. The van der Waals surface area contributed by atoms with Crippen LogP contribution in [-0.4, -0.2) is 25.3 Å². The second-order valence-electron chi connectivity index (χ2n) is 9.95. The highest BCUT2D eigenvalue weighted by atomic mass is 19.1. The Labute approximate surface area is 208 Å². The first-order valence-corrected chi connectivity index (χ1v) is 12.0. The van der Waals surface area contributed by atoms with E-state index in [1.165, 1.54) is 6.07 Å². The van der Waals surface area contributed by atoms with Crippen molar-refractivity contribution in [2.24, 2.45) is 18.9 Å². The summed E-state index contributed by atoms with van der Waals surface area (Å²) in [5, 5.41) is 0.904. The number of benzene rings is 1. The number of nitrogens with zero attached hydrogens (tertiary/aromatic N) is 5. The molecule has 3 aromatic heterocycles. The molecule has 0 fully saturated rings. The number of allylic oxidation sites excluding steroid dienone is 2. The molecule has 178 valence electrons. The van der Waals surface area contributed by atoms with Crippen LogP contribution >= 0.6 is 0 Å². The zero-order chi connectivity index (χ0) is 25.2. The lowest BCUT2D eigenvalue weighted by atomic mass is 9.58. The highest BCUT2D eigenvalue weighted by Crippen LogP contribution is 2.51. The smallest absolute Gasteiger partial charge is 0.226 e. The van der Waals surface area contributed by atoms with Crippen LogP contribution in [0.2, 0.25) is 0 Å². The summed E-state index contributed by atoms with van der Waals surface area (Å²) in [4.78, 5) is 31.0. The van der Waals surface area contributed by atoms with Crippen molar-refractivity contribution in [2.45, 2.75) is 32.1 Å². The Hall–Kier alpha value is -4.18. The van der Waals surface area contributed by atoms with Crippen LogP contribution in [0.4, 0.5) is 4.39 Å². The molecule has 7 heteroatoms. The zero-order valence-corrected chi connectivity index (χ0v) is 20.3. The molecule has 0 N–H and O–H groups in total. The van der Waals surface area contributed by atoms with Gasteiger partial charge >= 0.3 is 0 Å². The normalized spacial score (nSPS) is 23.1.